The van der Waals surface area contributed by atoms with E-state index < -0.39 is 18.0 Å². The number of aromatic nitrogens is 4. The second-order valence-electron chi connectivity index (χ2n) is 8.35. The van der Waals surface area contributed by atoms with Gasteiger partial charge in [0.2, 0.25) is 17.8 Å². The van der Waals surface area contributed by atoms with Gasteiger partial charge in [-0.25, -0.2) is 19.7 Å². The zero-order valence-electron chi connectivity index (χ0n) is 22.5. The Morgan fingerprint density at radius 3 is 2.12 bits per heavy atom. The molecule has 4 aromatic rings. The average molecular weight is 578 g/mol. The molecular formula is C26H26F3N5O7. The number of ether oxygens (including phenoxy) is 6. The summed E-state index contributed by atoms with van der Waals surface area (Å²) in [5, 5.41) is 3.46. The topological polar surface area (TPSA) is 136 Å². The van der Waals surface area contributed by atoms with Crippen LogP contribution in [0.15, 0.2) is 30.3 Å². The molecule has 2 aromatic carbocycles. The number of alkyl halides is 3. The summed E-state index contributed by atoms with van der Waals surface area (Å²) in [7, 11) is 4.47. The van der Waals surface area contributed by atoms with Crippen molar-refractivity contribution >= 4 is 39.7 Å². The molecule has 4 rings (SSSR count). The minimum absolute atomic E-state index is 0.0215. The highest BCUT2D eigenvalue weighted by Gasteiger charge is 2.42. The van der Waals surface area contributed by atoms with Crippen LogP contribution in [0.4, 0.5) is 25.1 Å². The lowest BCUT2D eigenvalue weighted by Crippen LogP contribution is -2.28. The highest BCUT2D eigenvalue weighted by atomic mass is 19.4. The minimum atomic E-state index is -5.24. The molecular weight excluding hydrogens is 551 g/mol. The molecule has 0 saturated carbocycles. The molecule has 41 heavy (non-hydrogen) atoms. The van der Waals surface area contributed by atoms with Gasteiger partial charge in [-0.15, -0.1) is 0 Å². The van der Waals surface area contributed by atoms with Crippen molar-refractivity contribution in [3.8, 4) is 23.1 Å². The van der Waals surface area contributed by atoms with Crippen LogP contribution in [0.3, 0.4) is 0 Å². The number of methoxy groups -OCH3 is 3. The van der Waals surface area contributed by atoms with E-state index in [9.17, 15) is 18.0 Å². The molecule has 0 aliphatic heterocycles. The van der Waals surface area contributed by atoms with Crippen LogP contribution in [0.5, 0.6) is 23.1 Å². The number of fused-ring (bicyclic) bond motifs is 2. The van der Waals surface area contributed by atoms with Gasteiger partial charge in [0.1, 0.15) is 24.5 Å². The molecule has 0 spiro atoms. The molecule has 1 N–H and O–H groups in total. The van der Waals surface area contributed by atoms with Crippen LogP contribution in [0, 0.1) is 6.92 Å². The summed E-state index contributed by atoms with van der Waals surface area (Å²) in [6.07, 6.45) is -5.24. The van der Waals surface area contributed by atoms with Gasteiger partial charge in [0.05, 0.1) is 36.9 Å². The number of benzene rings is 2. The summed E-state index contributed by atoms with van der Waals surface area (Å²) in [6.45, 7) is 2.98. The number of anilines is 2. The fraction of sp³-hybridized carbons (Fsp3) is 0.346. The van der Waals surface area contributed by atoms with Crippen molar-refractivity contribution in [1.29, 1.82) is 0 Å². The molecule has 2 heterocycles. The average Bonchev–Trinajstić information content (AvgIpc) is 2.93. The lowest BCUT2D eigenvalue weighted by atomic mass is 10.1. The third kappa shape index (κ3) is 6.99. The second kappa shape index (κ2) is 12.8. The predicted octanol–water partition coefficient (Wildman–Crippen LogP) is 4.15. The maximum Gasteiger partial charge on any atom is 0.491 e. The number of rotatable bonds is 12. The van der Waals surface area contributed by atoms with Gasteiger partial charge >= 0.3 is 12.1 Å². The van der Waals surface area contributed by atoms with Gasteiger partial charge in [0.15, 0.2) is 11.5 Å². The smallest absolute Gasteiger partial charge is 0.491 e. The van der Waals surface area contributed by atoms with Gasteiger partial charge in [-0.05, 0) is 25.1 Å². The Balaban J connectivity index is 1.75. The Hall–Kier alpha value is -4.50. The van der Waals surface area contributed by atoms with E-state index in [1.165, 1.54) is 19.2 Å². The lowest BCUT2D eigenvalue weighted by Gasteiger charge is -2.15. The Bertz CT molecular complexity index is 1550. The first-order chi connectivity index (χ1) is 19.6. The first-order valence-corrected chi connectivity index (χ1v) is 12.1. The van der Waals surface area contributed by atoms with E-state index in [1.54, 1.807) is 39.3 Å². The predicted molar refractivity (Wildman–Crippen MR) is 140 cm³/mol. The SMILES string of the molecule is COCCOc1cc2nc(Nc3nc(OC(=O)C(F)(F)F)c4cccc(OC)c4n3)nc(C)c2cc1OCCOC. The van der Waals surface area contributed by atoms with Crippen LogP contribution in [-0.2, 0) is 14.3 Å². The van der Waals surface area contributed by atoms with Gasteiger partial charge in [-0.3, -0.25) is 5.32 Å². The molecule has 0 amide bonds. The zero-order chi connectivity index (χ0) is 29.6. The largest absolute Gasteiger partial charge is 0.494 e. The monoisotopic (exact) mass is 577 g/mol. The molecule has 2 aromatic heterocycles. The Morgan fingerprint density at radius 1 is 0.829 bits per heavy atom. The Kier molecular flexibility index (Phi) is 9.19. The summed E-state index contributed by atoms with van der Waals surface area (Å²) in [6, 6.07) is 7.83. The van der Waals surface area contributed by atoms with Crippen molar-refractivity contribution in [2.45, 2.75) is 13.1 Å². The molecule has 15 heteroatoms. The first kappa shape index (κ1) is 29.5. The van der Waals surface area contributed by atoms with Crippen molar-refractivity contribution in [2.75, 3.05) is 53.1 Å². The third-order valence-electron chi connectivity index (χ3n) is 5.56. The molecule has 0 bridgehead atoms. The number of carbonyl (C=O) groups excluding carboxylic acids is 1. The first-order valence-electron chi connectivity index (χ1n) is 12.1. The maximum atomic E-state index is 13.0. The molecule has 12 nitrogen and oxygen atoms in total. The summed E-state index contributed by atoms with van der Waals surface area (Å²) >= 11 is 0. The molecule has 218 valence electrons. The van der Waals surface area contributed by atoms with Crippen LogP contribution < -0.4 is 24.3 Å². The van der Waals surface area contributed by atoms with E-state index in [4.69, 9.17) is 23.7 Å². The van der Waals surface area contributed by atoms with Gasteiger partial charge in [0.25, 0.3) is 0 Å². The highest BCUT2D eigenvalue weighted by Crippen LogP contribution is 2.35. The molecule has 0 aliphatic rings. The van der Waals surface area contributed by atoms with Crippen LogP contribution in [-0.4, -0.2) is 79.8 Å². The van der Waals surface area contributed by atoms with Gasteiger partial charge in [-0.1, -0.05) is 6.07 Å². The van der Waals surface area contributed by atoms with Crippen LogP contribution in [0.2, 0.25) is 0 Å². The molecule has 0 aliphatic carbocycles. The van der Waals surface area contributed by atoms with Gasteiger partial charge in [0, 0.05) is 25.7 Å². The molecule has 0 radical (unpaired) electrons. The number of halogens is 3. The van der Waals surface area contributed by atoms with Gasteiger partial charge in [-0.2, -0.15) is 18.2 Å². The highest BCUT2D eigenvalue weighted by molar-refractivity contribution is 5.92. The fourth-order valence-corrected chi connectivity index (χ4v) is 3.68. The summed E-state index contributed by atoms with van der Waals surface area (Å²) in [4.78, 5) is 28.9. The van der Waals surface area contributed by atoms with E-state index in [-0.39, 0.29) is 41.8 Å². The number of aryl methyl sites for hydroxylation is 1. The van der Waals surface area contributed by atoms with Crippen LogP contribution >= 0.6 is 0 Å². The minimum Gasteiger partial charge on any atom is -0.494 e. The van der Waals surface area contributed by atoms with Gasteiger partial charge < -0.3 is 28.4 Å². The van der Waals surface area contributed by atoms with Crippen molar-refractivity contribution < 1.29 is 46.4 Å². The van der Waals surface area contributed by atoms with E-state index in [0.29, 0.717) is 41.3 Å². The normalized spacial score (nSPS) is 11.5. The number of nitrogens with one attached hydrogen (secondary N) is 1. The quantitative estimate of drug-likeness (QED) is 0.191. The Labute approximate surface area is 231 Å². The van der Waals surface area contributed by atoms with E-state index in [2.05, 4.69) is 30.0 Å². The molecule has 0 saturated heterocycles. The van der Waals surface area contributed by atoms with Crippen molar-refractivity contribution in [3.05, 3.63) is 36.0 Å². The lowest BCUT2D eigenvalue weighted by molar-refractivity contribution is -0.189. The molecule has 0 fully saturated rings. The van der Waals surface area contributed by atoms with Crippen molar-refractivity contribution in [2.24, 2.45) is 0 Å². The van der Waals surface area contributed by atoms with Crippen LogP contribution in [0.1, 0.15) is 5.69 Å². The number of para-hydroxylation sites is 1. The molecule has 0 atom stereocenters. The van der Waals surface area contributed by atoms with E-state index in [1.807, 2.05) is 0 Å². The standard InChI is InChI=1S/C26H26F3N5O7/c1-14-16-12-19(39-10-8-36-2)20(40-11-9-37-3)13-17(16)31-24(30-14)34-25-32-21-15(6-5-7-18(21)38-4)22(33-25)41-23(35)26(27,28)29/h5-7,12-13H,8-11H2,1-4H3,(H,30,31,32,33,34). The van der Waals surface area contributed by atoms with Crippen molar-refractivity contribution in [1.82, 2.24) is 19.9 Å². The number of nitrogens with zero attached hydrogens (tertiary/aromatic N) is 4. The zero-order valence-corrected chi connectivity index (χ0v) is 22.5. The third-order valence-corrected chi connectivity index (χ3v) is 5.56. The van der Waals surface area contributed by atoms with E-state index >= 15 is 0 Å². The Morgan fingerprint density at radius 2 is 1.49 bits per heavy atom. The number of esters is 1. The summed E-state index contributed by atoms with van der Waals surface area (Å²) < 4.78 is 70.5. The molecule has 0 unspecified atom stereocenters. The number of hydrogen-bond acceptors (Lipinski definition) is 12. The number of hydrogen-bond donors (Lipinski definition) is 1. The second-order valence-corrected chi connectivity index (χ2v) is 8.35. The van der Waals surface area contributed by atoms with E-state index in [0.717, 1.165) is 0 Å². The summed E-state index contributed by atoms with van der Waals surface area (Å²) in [5.74, 6) is -2.19. The number of carbonyl (C=O) groups is 1. The van der Waals surface area contributed by atoms with Crippen molar-refractivity contribution in [3.63, 3.8) is 0 Å². The fourth-order valence-electron chi connectivity index (χ4n) is 3.68. The van der Waals surface area contributed by atoms with Crippen LogP contribution in [0.25, 0.3) is 21.8 Å². The maximum absolute atomic E-state index is 13.0. The summed E-state index contributed by atoms with van der Waals surface area (Å²) in [5.41, 5.74) is 1.11.